The minimum absolute atomic E-state index is 0.0126. The minimum atomic E-state index is -0.0126. The van der Waals surface area contributed by atoms with Crippen molar-refractivity contribution < 1.29 is 5.11 Å². The molecule has 2 aromatic carbocycles. The molecule has 0 heterocycles. The lowest BCUT2D eigenvalue weighted by Gasteiger charge is -2.20. The average Bonchev–Trinajstić information content (AvgIpc) is 2.47. The van der Waals surface area contributed by atoms with Crippen molar-refractivity contribution in [2.45, 2.75) is 19.4 Å². The van der Waals surface area contributed by atoms with Crippen molar-refractivity contribution in [1.82, 2.24) is 0 Å². The molecule has 0 saturated carbocycles. The van der Waals surface area contributed by atoms with Gasteiger partial charge in [-0.2, -0.15) is 5.26 Å². The summed E-state index contributed by atoms with van der Waals surface area (Å²) in [5.74, 6) is 0.268. The van der Waals surface area contributed by atoms with Crippen LogP contribution >= 0.6 is 15.9 Å². The van der Waals surface area contributed by atoms with E-state index in [-0.39, 0.29) is 11.8 Å². The van der Waals surface area contributed by atoms with Crippen LogP contribution in [-0.2, 0) is 0 Å². The lowest BCUT2D eigenvalue weighted by molar-refractivity contribution is 0.462. The van der Waals surface area contributed by atoms with E-state index in [1.165, 1.54) is 0 Å². The van der Waals surface area contributed by atoms with Gasteiger partial charge in [0.05, 0.1) is 17.7 Å². The molecule has 0 fully saturated rings. The quantitative estimate of drug-likeness (QED) is 0.861. The second-order valence-corrected chi connectivity index (χ2v) is 5.42. The third-order valence-electron chi connectivity index (χ3n) is 3.11. The number of phenols is 1. The molecule has 1 unspecified atom stereocenters. The molecule has 1 atom stereocenters. The van der Waals surface area contributed by atoms with Crippen molar-refractivity contribution in [3.63, 3.8) is 0 Å². The van der Waals surface area contributed by atoms with Gasteiger partial charge < -0.3 is 10.4 Å². The third-order valence-corrected chi connectivity index (χ3v) is 3.60. The van der Waals surface area contributed by atoms with Crippen molar-refractivity contribution >= 4 is 21.6 Å². The van der Waals surface area contributed by atoms with Gasteiger partial charge in [0.25, 0.3) is 0 Å². The molecule has 2 aromatic rings. The highest BCUT2D eigenvalue weighted by molar-refractivity contribution is 9.10. The van der Waals surface area contributed by atoms with Crippen LogP contribution in [0, 0.1) is 11.3 Å². The molecule has 2 N–H and O–H groups in total. The predicted molar refractivity (Wildman–Crippen MR) is 83.6 cm³/mol. The first-order valence-corrected chi connectivity index (χ1v) is 7.18. The van der Waals surface area contributed by atoms with Crippen LogP contribution in [0.2, 0.25) is 0 Å². The van der Waals surface area contributed by atoms with Crippen LogP contribution < -0.4 is 5.32 Å². The first kappa shape index (κ1) is 14.4. The van der Waals surface area contributed by atoms with Crippen molar-refractivity contribution in [3.05, 3.63) is 58.1 Å². The number of benzene rings is 2. The molecule has 0 bridgehead atoms. The zero-order valence-electron chi connectivity index (χ0n) is 11.1. The highest BCUT2D eigenvalue weighted by atomic mass is 79.9. The van der Waals surface area contributed by atoms with E-state index in [1.807, 2.05) is 31.2 Å². The summed E-state index contributed by atoms with van der Waals surface area (Å²) in [7, 11) is 0. The molecule has 0 spiro atoms. The summed E-state index contributed by atoms with van der Waals surface area (Å²) in [5.41, 5.74) is 2.32. The molecule has 2 rings (SSSR count). The molecule has 0 amide bonds. The van der Waals surface area contributed by atoms with Crippen molar-refractivity contribution in [1.29, 1.82) is 5.26 Å². The fraction of sp³-hybridized carbons (Fsp3) is 0.188. The molecule has 4 heteroatoms. The Hall–Kier alpha value is -1.99. The van der Waals surface area contributed by atoms with Gasteiger partial charge in [0.15, 0.2) is 0 Å². The molecular formula is C16H15BrN2O. The Morgan fingerprint density at radius 3 is 2.80 bits per heavy atom. The number of hydrogen-bond acceptors (Lipinski definition) is 3. The fourth-order valence-corrected chi connectivity index (χ4v) is 2.46. The lowest BCUT2D eigenvalue weighted by atomic mass is 10.0. The summed E-state index contributed by atoms with van der Waals surface area (Å²) in [6, 6.07) is 14.8. The maximum Gasteiger partial charge on any atom is 0.120 e. The van der Waals surface area contributed by atoms with Crippen molar-refractivity contribution in [2.75, 3.05) is 5.32 Å². The summed E-state index contributed by atoms with van der Waals surface area (Å²) >= 11 is 3.42. The number of hydrogen-bond donors (Lipinski definition) is 2. The Kier molecular flexibility index (Phi) is 4.65. The number of halogens is 1. The number of nitrogens with zero attached hydrogens (tertiary/aromatic N) is 1. The number of aromatic hydroxyl groups is 1. The molecule has 0 aliphatic rings. The Balaban J connectivity index is 2.29. The van der Waals surface area contributed by atoms with Crippen LogP contribution in [0.3, 0.4) is 0 Å². The number of nitriles is 1. The van der Waals surface area contributed by atoms with Crippen LogP contribution in [0.1, 0.15) is 30.5 Å². The maximum atomic E-state index is 10.0. The molecule has 102 valence electrons. The highest BCUT2D eigenvalue weighted by Gasteiger charge is 2.14. The fourth-order valence-electron chi connectivity index (χ4n) is 2.08. The van der Waals surface area contributed by atoms with E-state index in [4.69, 9.17) is 5.26 Å². The Bertz CT molecular complexity index is 649. The molecule has 0 aromatic heterocycles. The smallest absolute Gasteiger partial charge is 0.120 e. The lowest BCUT2D eigenvalue weighted by Crippen LogP contribution is -2.10. The molecule has 0 aliphatic carbocycles. The van der Waals surface area contributed by atoms with E-state index in [1.54, 1.807) is 18.2 Å². The molecule has 0 aliphatic heterocycles. The van der Waals surface area contributed by atoms with Crippen LogP contribution in [0.4, 0.5) is 5.69 Å². The minimum Gasteiger partial charge on any atom is -0.508 e. The van der Waals surface area contributed by atoms with Gasteiger partial charge in [-0.1, -0.05) is 28.9 Å². The van der Waals surface area contributed by atoms with Crippen LogP contribution in [0.25, 0.3) is 0 Å². The van der Waals surface area contributed by atoms with Gasteiger partial charge in [-0.25, -0.2) is 0 Å². The normalized spacial score (nSPS) is 11.7. The predicted octanol–water partition coefficient (Wildman–Crippen LogP) is 4.59. The summed E-state index contributed by atoms with van der Waals surface area (Å²) in [6.45, 7) is 2.05. The summed E-state index contributed by atoms with van der Waals surface area (Å²) < 4.78 is 0.927. The number of anilines is 1. The van der Waals surface area contributed by atoms with E-state index in [9.17, 15) is 5.11 Å². The average molecular weight is 331 g/mol. The molecule has 0 saturated heterocycles. The molecule has 0 radical (unpaired) electrons. The highest BCUT2D eigenvalue weighted by Crippen LogP contribution is 2.31. The van der Waals surface area contributed by atoms with Gasteiger partial charge in [-0.15, -0.1) is 0 Å². The van der Waals surface area contributed by atoms with Crippen LogP contribution in [0.5, 0.6) is 5.75 Å². The molecule has 20 heavy (non-hydrogen) atoms. The summed E-state index contributed by atoms with van der Waals surface area (Å²) in [5, 5.41) is 22.3. The van der Waals surface area contributed by atoms with Gasteiger partial charge in [0.2, 0.25) is 0 Å². The largest absolute Gasteiger partial charge is 0.508 e. The number of rotatable bonds is 4. The zero-order valence-corrected chi connectivity index (χ0v) is 12.7. The second kappa shape index (κ2) is 6.44. The standard InChI is InChI=1S/C16H15BrN2O/c1-2-15(14-9-12(17)6-7-16(14)20)19-13-5-3-4-11(8-13)10-18/h3-9,15,19-20H,2H2,1H3. The Morgan fingerprint density at radius 1 is 1.30 bits per heavy atom. The zero-order chi connectivity index (χ0) is 14.5. The SMILES string of the molecule is CCC(Nc1cccc(C#N)c1)c1cc(Br)ccc1O. The first-order valence-electron chi connectivity index (χ1n) is 6.39. The van der Waals surface area contributed by atoms with Crippen molar-refractivity contribution in [3.8, 4) is 11.8 Å². The van der Waals surface area contributed by atoms with E-state index >= 15 is 0 Å². The van der Waals surface area contributed by atoms with Gasteiger partial charge in [0, 0.05) is 15.7 Å². The van der Waals surface area contributed by atoms with Gasteiger partial charge in [-0.3, -0.25) is 0 Å². The van der Waals surface area contributed by atoms with Crippen LogP contribution in [0.15, 0.2) is 46.9 Å². The number of nitrogens with one attached hydrogen (secondary N) is 1. The monoisotopic (exact) mass is 330 g/mol. The van der Waals surface area contributed by atoms with Gasteiger partial charge in [-0.05, 0) is 42.8 Å². The molecule has 3 nitrogen and oxygen atoms in total. The van der Waals surface area contributed by atoms with E-state index in [2.05, 4.69) is 27.3 Å². The first-order chi connectivity index (χ1) is 9.63. The summed E-state index contributed by atoms with van der Waals surface area (Å²) in [6.07, 6.45) is 0.820. The van der Waals surface area contributed by atoms with Crippen LogP contribution in [-0.4, -0.2) is 5.11 Å². The maximum absolute atomic E-state index is 10.0. The third kappa shape index (κ3) is 3.31. The molecular weight excluding hydrogens is 316 g/mol. The van der Waals surface area contributed by atoms with Crippen molar-refractivity contribution in [2.24, 2.45) is 0 Å². The van der Waals surface area contributed by atoms with E-state index < -0.39 is 0 Å². The summed E-state index contributed by atoms with van der Waals surface area (Å²) in [4.78, 5) is 0. The Labute approximate surface area is 127 Å². The Morgan fingerprint density at radius 2 is 2.10 bits per heavy atom. The van der Waals surface area contributed by atoms with E-state index in [0.29, 0.717) is 5.56 Å². The number of phenolic OH excluding ortho intramolecular Hbond substituents is 1. The second-order valence-electron chi connectivity index (χ2n) is 4.50. The van der Waals surface area contributed by atoms with Gasteiger partial charge >= 0.3 is 0 Å². The van der Waals surface area contributed by atoms with Gasteiger partial charge in [0.1, 0.15) is 5.75 Å². The van der Waals surface area contributed by atoms with E-state index in [0.717, 1.165) is 22.1 Å². The topological polar surface area (TPSA) is 56.0 Å².